The first-order chi connectivity index (χ1) is 8.22. The van der Waals surface area contributed by atoms with E-state index in [-0.39, 0.29) is 12.0 Å². The summed E-state index contributed by atoms with van der Waals surface area (Å²) in [7, 11) is 1.45. The summed E-state index contributed by atoms with van der Waals surface area (Å²) in [5.41, 5.74) is 0. The van der Waals surface area contributed by atoms with Crippen molar-refractivity contribution in [1.82, 2.24) is 10.6 Å². The van der Waals surface area contributed by atoms with Crippen LogP contribution in [-0.2, 0) is 9.53 Å². The van der Waals surface area contributed by atoms with E-state index in [9.17, 15) is 4.79 Å². The van der Waals surface area contributed by atoms with Gasteiger partial charge in [0.1, 0.15) is 6.04 Å². The molecule has 0 aromatic heterocycles. The quantitative estimate of drug-likeness (QED) is 0.721. The van der Waals surface area contributed by atoms with Gasteiger partial charge in [-0.15, -0.1) is 0 Å². The van der Waals surface area contributed by atoms with Crippen LogP contribution in [0, 0.1) is 5.92 Å². The number of hydrogen-bond acceptors (Lipinski definition) is 4. The normalized spacial score (nSPS) is 34.8. The van der Waals surface area contributed by atoms with Crippen molar-refractivity contribution in [2.45, 2.75) is 57.2 Å². The lowest BCUT2D eigenvalue weighted by molar-refractivity contribution is -0.142. The summed E-state index contributed by atoms with van der Waals surface area (Å²) in [6, 6.07) is 0.937. The van der Waals surface area contributed by atoms with Crippen molar-refractivity contribution in [3.8, 4) is 0 Å². The van der Waals surface area contributed by atoms with Crippen LogP contribution in [0.5, 0.6) is 0 Å². The lowest BCUT2D eigenvalue weighted by Gasteiger charge is -2.28. The molecule has 1 saturated heterocycles. The van der Waals surface area contributed by atoms with Crippen molar-refractivity contribution in [3.63, 3.8) is 0 Å². The third kappa shape index (κ3) is 2.99. The molecule has 0 radical (unpaired) electrons. The molecule has 0 spiro atoms. The third-order valence-corrected chi connectivity index (χ3v) is 4.20. The Morgan fingerprint density at radius 2 is 2.18 bits per heavy atom. The molecule has 1 heterocycles. The van der Waals surface area contributed by atoms with Gasteiger partial charge in [-0.05, 0) is 45.1 Å². The molecule has 98 valence electrons. The van der Waals surface area contributed by atoms with Gasteiger partial charge in [-0.25, -0.2) is 0 Å². The molecule has 17 heavy (non-hydrogen) atoms. The second-order valence-corrected chi connectivity index (χ2v) is 5.32. The van der Waals surface area contributed by atoms with E-state index in [1.807, 2.05) is 6.92 Å². The lowest BCUT2D eigenvalue weighted by Crippen LogP contribution is -2.48. The standard InChI is InChI=1S/C13H24N2O2/c1-9(13(16)17-2)15-12-6-3-5-10(12)11-7-4-8-14-11/h9-12,14-15H,3-8H2,1-2H3. The predicted octanol–water partition coefficient (Wildman–Crippen LogP) is 1.06. The fourth-order valence-corrected chi connectivity index (χ4v) is 3.32. The van der Waals surface area contributed by atoms with Crippen molar-refractivity contribution in [3.05, 3.63) is 0 Å². The average Bonchev–Trinajstić information content (AvgIpc) is 2.97. The molecule has 4 atom stereocenters. The zero-order chi connectivity index (χ0) is 12.3. The number of hydrogen-bond donors (Lipinski definition) is 2. The Hall–Kier alpha value is -0.610. The molecule has 2 rings (SSSR count). The Morgan fingerprint density at radius 1 is 1.35 bits per heavy atom. The van der Waals surface area contributed by atoms with Crippen LogP contribution in [0.4, 0.5) is 0 Å². The number of ether oxygens (including phenoxy) is 1. The Kier molecular flexibility index (Phi) is 4.40. The average molecular weight is 240 g/mol. The van der Waals surface area contributed by atoms with Crippen molar-refractivity contribution < 1.29 is 9.53 Å². The highest BCUT2D eigenvalue weighted by molar-refractivity contribution is 5.75. The summed E-state index contributed by atoms with van der Waals surface area (Å²) >= 11 is 0. The summed E-state index contributed by atoms with van der Waals surface area (Å²) in [5, 5.41) is 7.03. The lowest BCUT2D eigenvalue weighted by atomic mass is 9.92. The van der Waals surface area contributed by atoms with Gasteiger partial charge in [-0.3, -0.25) is 4.79 Å². The molecule has 1 saturated carbocycles. The van der Waals surface area contributed by atoms with Gasteiger partial charge in [0.2, 0.25) is 0 Å². The highest BCUT2D eigenvalue weighted by Gasteiger charge is 2.36. The highest BCUT2D eigenvalue weighted by Crippen LogP contribution is 2.32. The van der Waals surface area contributed by atoms with E-state index in [4.69, 9.17) is 4.74 Å². The van der Waals surface area contributed by atoms with Crippen LogP contribution in [0.2, 0.25) is 0 Å². The van der Waals surface area contributed by atoms with Crippen LogP contribution in [0.1, 0.15) is 39.0 Å². The number of carbonyl (C=O) groups is 1. The molecule has 2 N–H and O–H groups in total. The molecule has 0 aromatic rings. The molecule has 0 aromatic carbocycles. The maximum atomic E-state index is 11.4. The second-order valence-electron chi connectivity index (χ2n) is 5.32. The number of esters is 1. The molecule has 4 unspecified atom stereocenters. The maximum Gasteiger partial charge on any atom is 0.322 e. The van der Waals surface area contributed by atoms with Gasteiger partial charge in [0.15, 0.2) is 0 Å². The van der Waals surface area contributed by atoms with Crippen LogP contribution in [0.3, 0.4) is 0 Å². The third-order valence-electron chi connectivity index (χ3n) is 4.20. The van der Waals surface area contributed by atoms with Gasteiger partial charge in [-0.1, -0.05) is 6.42 Å². The van der Waals surface area contributed by atoms with Gasteiger partial charge in [0.05, 0.1) is 7.11 Å². The van der Waals surface area contributed by atoms with E-state index in [0.29, 0.717) is 18.0 Å². The number of carbonyl (C=O) groups excluding carboxylic acids is 1. The molecule has 1 aliphatic heterocycles. The van der Waals surface area contributed by atoms with Gasteiger partial charge in [0, 0.05) is 12.1 Å². The summed E-state index contributed by atoms with van der Waals surface area (Å²) in [6.07, 6.45) is 6.32. The molecule has 2 aliphatic rings. The largest absolute Gasteiger partial charge is 0.468 e. The minimum atomic E-state index is -0.188. The first kappa shape index (κ1) is 12.8. The number of nitrogens with one attached hydrogen (secondary N) is 2. The van der Waals surface area contributed by atoms with E-state index >= 15 is 0 Å². The van der Waals surface area contributed by atoms with Gasteiger partial charge < -0.3 is 15.4 Å². The molecule has 0 amide bonds. The molecule has 4 heteroatoms. The minimum Gasteiger partial charge on any atom is -0.468 e. The molecule has 4 nitrogen and oxygen atoms in total. The minimum absolute atomic E-state index is 0.157. The van der Waals surface area contributed by atoms with Crippen LogP contribution >= 0.6 is 0 Å². The summed E-state index contributed by atoms with van der Waals surface area (Å²) < 4.78 is 4.77. The molecular weight excluding hydrogens is 216 g/mol. The SMILES string of the molecule is COC(=O)C(C)NC1CCCC1C1CCCN1. The van der Waals surface area contributed by atoms with E-state index in [1.54, 1.807) is 0 Å². The van der Waals surface area contributed by atoms with E-state index < -0.39 is 0 Å². The summed E-state index contributed by atoms with van der Waals surface area (Å²) in [6.45, 7) is 3.05. The molecule has 0 bridgehead atoms. The topological polar surface area (TPSA) is 50.4 Å². The van der Waals surface area contributed by atoms with Crippen molar-refractivity contribution in [1.29, 1.82) is 0 Å². The zero-order valence-corrected chi connectivity index (χ0v) is 10.9. The smallest absolute Gasteiger partial charge is 0.322 e. The Balaban J connectivity index is 1.88. The van der Waals surface area contributed by atoms with Crippen LogP contribution in [0.15, 0.2) is 0 Å². The summed E-state index contributed by atoms with van der Waals surface area (Å²) in [5.74, 6) is 0.527. The second kappa shape index (κ2) is 5.83. The van der Waals surface area contributed by atoms with Crippen LogP contribution < -0.4 is 10.6 Å². The Bertz CT molecular complexity index is 264. The van der Waals surface area contributed by atoms with Crippen LogP contribution in [-0.4, -0.2) is 37.7 Å². The molecule has 1 aliphatic carbocycles. The van der Waals surface area contributed by atoms with Gasteiger partial charge >= 0.3 is 5.97 Å². The fourth-order valence-electron chi connectivity index (χ4n) is 3.32. The van der Waals surface area contributed by atoms with Crippen molar-refractivity contribution in [2.75, 3.05) is 13.7 Å². The monoisotopic (exact) mass is 240 g/mol. The number of rotatable bonds is 4. The Morgan fingerprint density at radius 3 is 2.82 bits per heavy atom. The van der Waals surface area contributed by atoms with E-state index in [2.05, 4.69) is 10.6 Å². The Labute approximate surface area is 103 Å². The van der Waals surface area contributed by atoms with Gasteiger partial charge in [-0.2, -0.15) is 0 Å². The maximum absolute atomic E-state index is 11.4. The summed E-state index contributed by atoms with van der Waals surface area (Å²) in [4.78, 5) is 11.4. The zero-order valence-electron chi connectivity index (χ0n) is 10.9. The van der Waals surface area contributed by atoms with E-state index in [1.165, 1.54) is 39.2 Å². The first-order valence-electron chi connectivity index (χ1n) is 6.79. The van der Waals surface area contributed by atoms with Crippen molar-refractivity contribution in [2.24, 2.45) is 5.92 Å². The van der Waals surface area contributed by atoms with Crippen molar-refractivity contribution >= 4 is 5.97 Å². The molecular formula is C13H24N2O2. The van der Waals surface area contributed by atoms with Gasteiger partial charge in [0.25, 0.3) is 0 Å². The predicted molar refractivity (Wildman–Crippen MR) is 66.8 cm³/mol. The first-order valence-corrected chi connectivity index (χ1v) is 6.79. The van der Waals surface area contributed by atoms with E-state index in [0.717, 1.165) is 6.54 Å². The highest BCUT2D eigenvalue weighted by atomic mass is 16.5. The number of methoxy groups -OCH3 is 1. The molecule has 2 fully saturated rings. The van der Waals surface area contributed by atoms with Crippen LogP contribution in [0.25, 0.3) is 0 Å². The fraction of sp³-hybridized carbons (Fsp3) is 0.923.